The minimum absolute atomic E-state index is 0.0229. The van der Waals surface area contributed by atoms with Crippen LogP contribution in [0, 0.1) is 23.7 Å². The van der Waals surface area contributed by atoms with Crippen LogP contribution in [0.15, 0.2) is 60.7 Å². The van der Waals surface area contributed by atoms with Crippen molar-refractivity contribution in [1.29, 1.82) is 0 Å². The number of nitrogens with zero attached hydrogens (tertiary/aromatic N) is 1. The van der Waals surface area contributed by atoms with Crippen LogP contribution in [0.2, 0.25) is 10.0 Å². The van der Waals surface area contributed by atoms with E-state index in [0.717, 1.165) is 16.9 Å². The van der Waals surface area contributed by atoms with E-state index < -0.39 is 36.4 Å². The van der Waals surface area contributed by atoms with E-state index in [1.165, 1.54) is 12.1 Å². The summed E-state index contributed by atoms with van der Waals surface area (Å²) in [6, 6.07) is 12.5. The van der Waals surface area contributed by atoms with Gasteiger partial charge in [-0.25, -0.2) is 4.79 Å². The number of carbonyl (C=O) groups excluding carboxylic acids is 4. The monoisotopic (exact) mass is 512 g/mol. The van der Waals surface area contributed by atoms with Crippen LogP contribution >= 0.6 is 23.2 Å². The molecule has 2 fully saturated rings. The molecule has 2 aliphatic carbocycles. The summed E-state index contributed by atoms with van der Waals surface area (Å²) in [5, 5.41) is 3.21. The van der Waals surface area contributed by atoms with E-state index in [1.807, 2.05) is 42.5 Å². The van der Waals surface area contributed by atoms with Gasteiger partial charge in [0.15, 0.2) is 6.61 Å². The van der Waals surface area contributed by atoms with Crippen LogP contribution < -0.4 is 5.32 Å². The van der Waals surface area contributed by atoms with Gasteiger partial charge in [-0.3, -0.25) is 19.3 Å². The minimum atomic E-state index is -1.16. The van der Waals surface area contributed by atoms with E-state index in [-0.39, 0.29) is 35.1 Å². The minimum Gasteiger partial charge on any atom is -0.454 e. The lowest BCUT2D eigenvalue weighted by atomic mass is 9.85. The summed E-state index contributed by atoms with van der Waals surface area (Å²) in [5.74, 6) is -2.92. The van der Waals surface area contributed by atoms with Gasteiger partial charge in [0.1, 0.15) is 6.04 Å². The van der Waals surface area contributed by atoms with Gasteiger partial charge >= 0.3 is 5.97 Å². The molecule has 3 amide bonds. The number of fused-ring (bicyclic) bond motifs is 5. The molecule has 2 aromatic rings. The molecule has 9 heteroatoms. The van der Waals surface area contributed by atoms with Crippen molar-refractivity contribution in [1.82, 2.24) is 4.90 Å². The van der Waals surface area contributed by atoms with Crippen LogP contribution in [0.3, 0.4) is 0 Å². The van der Waals surface area contributed by atoms with Crippen LogP contribution in [0.5, 0.6) is 0 Å². The standard InChI is InChI=1S/C26H22Cl2N2O5/c27-17-8-9-19(18(28)12-17)29-21(31)13-35-26(34)20(10-14-4-2-1-3-5-14)30-24(32)22-15-6-7-16(11-15)23(22)25(30)33/h1-9,12,15-16,20,22-23H,10-11,13H2,(H,29,31)/t15-,16-,20-,22-,23-/m0/s1. The maximum Gasteiger partial charge on any atom is 0.330 e. The summed E-state index contributed by atoms with van der Waals surface area (Å²) in [5.41, 5.74) is 1.09. The fourth-order valence-corrected chi connectivity index (χ4v) is 5.82. The van der Waals surface area contributed by atoms with Gasteiger partial charge in [0.05, 0.1) is 22.5 Å². The molecule has 2 bridgehead atoms. The number of allylic oxidation sites excluding steroid dienone is 2. The lowest BCUT2D eigenvalue weighted by molar-refractivity contribution is -0.160. The number of imide groups is 1. The number of carbonyl (C=O) groups is 4. The van der Waals surface area contributed by atoms with E-state index in [9.17, 15) is 19.2 Å². The van der Waals surface area contributed by atoms with Gasteiger partial charge in [-0.05, 0) is 42.0 Å². The normalized spacial score (nSPS) is 25.0. The highest BCUT2D eigenvalue weighted by molar-refractivity contribution is 6.36. The molecule has 2 aromatic carbocycles. The number of anilines is 1. The third kappa shape index (κ3) is 4.46. The molecule has 7 nitrogen and oxygen atoms in total. The Hall–Kier alpha value is -3.16. The third-order valence-electron chi connectivity index (χ3n) is 6.91. The first kappa shape index (κ1) is 23.6. The second-order valence-corrected chi connectivity index (χ2v) is 9.88. The lowest BCUT2D eigenvalue weighted by Gasteiger charge is -2.26. The fourth-order valence-electron chi connectivity index (χ4n) is 5.36. The summed E-state index contributed by atoms with van der Waals surface area (Å²) >= 11 is 11.9. The van der Waals surface area contributed by atoms with Gasteiger partial charge in [-0.2, -0.15) is 0 Å². The molecule has 180 valence electrons. The average Bonchev–Trinajstić information content (AvgIpc) is 3.52. The van der Waals surface area contributed by atoms with Crippen molar-refractivity contribution in [2.45, 2.75) is 18.9 Å². The predicted octanol–water partition coefficient (Wildman–Crippen LogP) is 3.89. The first-order valence-electron chi connectivity index (χ1n) is 11.3. The molecule has 1 aliphatic heterocycles. The Kier molecular flexibility index (Phi) is 6.38. The predicted molar refractivity (Wildman–Crippen MR) is 130 cm³/mol. The number of esters is 1. The highest BCUT2D eigenvalue weighted by atomic mass is 35.5. The molecule has 1 saturated carbocycles. The highest BCUT2D eigenvalue weighted by Gasteiger charge is 2.61. The number of amides is 3. The number of ether oxygens (including phenoxy) is 1. The summed E-state index contributed by atoms with van der Waals surface area (Å²) in [4.78, 5) is 53.3. The van der Waals surface area contributed by atoms with Gasteiger partial charge in [0.2, 0.25) is 11.8 Å². The van der Waals surface area contributed by atoms with Crippen molar-refractivity contribution >= 4 is 52.6 Å². The summed E-state index contributed by atoms with van der Waals surface area (Å²) in [6.07, 6.45) is 4.89. The number of benzene rings is 2. The molecular weight excluding hydrogens is 491 g/mol. The zero-order valence-corrected chi connectivity index (χ0v) is 20.0. The summed E-state index contributed by atoms with van der Waals surface area (Å²) in [6.45, 7) is -0.598. The van der Waals surface area contributed by atoms with Crippen molar-refractivity contribution in [2.75, 3.05) is 11.9 Å². The van der Waals surface area contributed by atoms with Gasteiger partial charge < -0.3 is 10.1 Å². The molecule has 1 N–H and O–H groups in total. The summed E-state index contributed by atoms with van der Waals surface area (Å²) < 4.78 is 5.29. The largest absolute Gasteiger partial charge is 0.454 e. The highest BCUT2D eigenvalue weighted by Crippen LogP contribution is 2.53. The molecule has 0 unspecified atom stereocenters. The van der Waals surface area contributed by atoms with Crippen molar-refractivity contribution < 1.29 is 23.9 Å². The Bertz CT molecular complexity index is 1200. The number of likely N-dealkylation sites (tertiary alicyclic amines) is 1. The van der Waals surface area contributed by atoms with E-state index in [1.54, 1.807) is 6.07 Å². The third-order valence-corrected chi connectivity index (χ3v) is 7.46. The maximum absolute atomic E-state index is 13.3. The second-order valence-electron chi connectivity index (χ2n) is 9.03. The lowest BCUT2D eigenvalue weighted by Crippen LogP contribution is -2.48. The zero-order chi connectivity index (χ0) is 24.7. The van der Waals surface area contributed by atoms with Crippen molar-refractivity contribution in [3.05, 3.63) is 76.3 Å². The van der Waals surface area contributed by atoms with E-state index in [0.29, 0.717) is 10.7 Å². The summed E-state index contributed by atoms with van der Waals surface area (Å²) in [7, 11) is 0. The van der Waals surface area contributed by atoms with E-state index >= 15 is 0 Å². The Morgan fingerprint density at radius 1 is 1.00 bits per heavy atom. The average molecular weight is 513 g/mol. The smallest absolute Gasteiger partial charge is 0.330 e. The molecule has 1 saturated heterocycles. The molecule has 5 rings (SSSR count). The van der Waals surface area contributed by atoms with Gasteiger partial charge in [0, 0.05) is 11.4 Å². The number of hydrogen-bond donors (Lipinski definition) is 1. The van der Waals surface area contributed by atoms with E-state index in [2.05, 4.69) is 5.32 Å². The fraction of sp³-hybridized carbons (Fsp3) is 0.308. The first-order chi connectivity index (χ1) is 16.8. The van der Waals surface area contributed by atoms with Gasteiger partial charge in [0.25, 0.3) is 5.91 Å². The van der Waals surface area contributed by atoms with Crippen LogP contribution in [-0.4, -0.2) is 41.2 Å². The van der Waals surface area contributed by atoms with Gasteiger partial charge in [-0.1, -0.05) is 65.7 Å². The Labute approximate surface area is 212 Å². The molecule has 0 radical (unpaired) electrons. The van der Waals surface area contributed by atoms with Crippen molar-refractivity contribution in [3.63, 3.8) is 0 Å². The van der Waals surface area contributed by atoms with Crippen LogP contribution in [0.4, 0.5) is 5.69 Å². The van der Waals surface area contributed by atoms with Crippen LogP contribution in [0.1, 0.15) is 12.0 Å². The Morgan fingerprint density at radius 3 is 2.29 bits per heavy atom. The number of hydrogen-bond acceptors (Lipinski definition) is 5. The molecule has 3 aliphatic rings. The zero-order valence-electron chi connectivity index (χ0n) is 18.5. The second kappa shape index (κ2) is 9.47. The van der Waals surface area contributed by atoms with Crippen molar-refractivity contribution in [2.24, 2.45) is 23.7 Å². The topological polar surface area (TPSA) is 92.8 Å². The number of halogens is 2. The maximum atomic E-state index is 13.3. The molecule has 0 aromatic heterocycles. The quantitative estimate of drug-likeness (QED) is 0.345. The first-order valence-corrected chi connectivity index (χ1v) is 12.1. The van der Waals surface area contributed by atoms with E-state index in [4.69, 9.17) is 27.9 Å². The molecule has 0 spiro atoms. The van der Waals surface area contributed by atoms with Crippen molar-refractivity contribution in [3.8, 4) is 0 Å². The van der Waals surface area contributed by atoms with Crippen LogP contribution in [0.25, 0.3) is 0 Å². The molecular formula is C26H22Cl2N2O5. The molecule has 1 heterocycles. The van der Waals surface area contributed by atoms with Crippen LogP contribution in [-0.2, 0) is 30.3 Å². The Balaban J connectivity index is 1.32. The van der Waals surface area contributed by atoms with Gasteiger partial charge in [-0.15, -0.1) is 0 Å². The number of nitrogens with one attached hydrogen (secondary N) is 1. The molecule has 35 heavy (non-hydrogen) atoms. The number of rotatable bonds is 7. The molecule has 5 atom stereocenters. The Morgan fingerprint density at radius 2 is 1.66 bits per heavy atom. The SMILES string of the molecule is O=C(COC(=O)[C@H](Cc1ccccc1)N1C(=O)[C@@H]2[C@@H](C1=O)[C@H]1C=C[C@H]2C1)Nc1ccc(Cl)cc1Cl.